The van der Waals surface area contributed by atoms with E-state index in [1.54, 1.807) is 17.8 Å². The molecule has 4 heteroatoms. The molecule has 1 N–H and O–H groups in total. The Morgan fingerprint density at radius 1 is 0.750 bits per heavy atom. The maximum absolute atomic E-state index is 10.6. The highest BCUT2D eigenvalue weighted by Gasteiger charge is 2.29. The van der Waals surface area contributed by atoms with Crippen LogP contribution in [0.1, 0.15) is 63.8 Å². The molecule has 0 spiro atoms. The molecule has 0 atom stereocenters. The Morgan fingerprint density at radius 2 is 1.28 bits per heavy atom. The van der Waals surface area contributed by atoms with Gasteiger partial charge in [0, 0.05) is 20.7 Å². The fourth-order valence-electron chi connectivity index (χ4n) is 4.14. The molecular weight excluding hydrogens is 455 g/mol. The normalized spacial score (nSPS) is 12.3. The summed E-state index contributed by atoms with van der Waals surface area (Å²) >= 11 is 14.7. The van der Waals surface area contributed by atoms with Gasteiger partial charge < -0.3 is 5.11 Å². The number of halogens is 2. The highest BCUT2D eigenvalue weighted by atomic mass is 35.5. The molecule has 0 amide bonds. The van der Waals surface area contributed by atoms with Crippen LogP contribution in [0.25, 0.3) is 11.1 Å². The van der Waals surface area contributed by atoms with E-state index in [1.165, 1.54) is 16.0 Å². The summed E-state index contributed by atoms with van der Waals surface area (Å²) in [5, 5.41) is 11.8. The largest absolute Gasteiger partial charge is 0.392 e. The van der Waals surface area contributed by atoms with Crippen molar-refractivity contribution in [2.24, 2.45) is 0 Å². The van der Waals surface area contributed by atoms with Crippen molar-refractivity contribution < 1.29 is 5.11 Å². The molecule has 1 nitrogen and oxygen atoms in total. The molecular formula is C28H32Cl2OS. The Kier molecular flexibility index (Phi) is 7.72. The Balaban J connectivity index is 2.37. The van der Waals surface area contributed by atoms with Crippen molar-refractivity contribution in [3.63, 3.8) is 0 Å². The van der Waals surface area contributed by atoms with E-state index in [1.807, 2.05) is 18.2 Å². The standard InChI is InChI=1S/C28H32Cl2OS/c1-27(2,3)24-15-25(28(4,5)6)23(17-32-21-10-8-7-9-11-21)26(22(24)16-31)18-12-19(29)14-20(30)13-18/h7-15,31H,16-17H2,1-6H3. The number of hydrogen-bond acceptors (Lipinski definition) is 2. The van der Waals surface area contributed by atoms with Crippen LogP contribution in [-0.2, 0) is 23.2 Å². The zero-order valence-corrected chi connectivity index (χ0v) is 22.1. The van der Waals surface area contributed by atoms with Crippen LogP contribution in [0, 0.1) is 0 Å². The van der Waals surface area contributed by atoms with Crippen LogP contribution in [0.5, 0.6) is 0 Å². The first-order valence-electron chi connectivity index (χ1n) is 10.9. The lowest BCUT2D eigenvalue weighted by molar-refractivity contribution is 0.279. The van der Waals surface area contributed by atoms with Gasteiger partial charge in [-0.25, -0.2) is 0 Å². The smallest absolute Gasteiger partial charge is 0.0690 e. The van der Waals surface area contributed by atoms with Crippen LogP contribution < -0.4 is 0 Å². The first-order valence-corrected chi connectivity index (χ1v) is 12.6. The molecule has 0 saturated carbocycles. The number of hydrogen-bond donors (Lipinski definition) is 1. The van der Waals surface area contributed by atoms with Gasteiger partial charge in [-0.2, -0.15) is 0 Å². The molecule has 0 unspecified atom stereocenters. The molecule has 3 aromatic carbocycles. The van der Waals surface area contributed by atoms with Gasteiger partial charge in [-0.15, -0.1) is 11.8 Å². The first-order chi connectivity index (χ1) is 14.9. The van der Waals surface area contributed by atoms with Crippen molar-refractivity contribution in [2.45, 2.75) is 69.6 Å². The number of aliphatic hydroxyl groups excluding tert-OH is 1. The lowest BCUT2D eigenvalue weighted by atomic mass is 9.73. The van der Waals surface area contributed by atoms with Crippen LogP contribution in [-0.4, -0.2) is 5.11 Å². The monoisotopic (exact) mass is 486 g/mol. The number of thioether (sulfide) groups is 1. The predicted octanol–water partition coefficient (Wildman–Crippen LogP) is 9.04. The predicted molar refractivity (Wildman–Crippen MR) is 141 cm³/mol. The van der Waals surface area contributed by atoms with Crippen LogP contribution in [0.15, 0.2) is 59.5 Å². The minimum Gasteiger partial charge on any atom is -0.392 e. The molecule has 0 radical (unpaired) electrons. The Bertz CT molecular complexity index is 1070. The Morgan fingerprint density at radius 3 is 1.78 bits per heavy atom. The van der Waals surface area contributed by atoms with Gasteiger partial charge in [0.25, 0.3) is 0 Å². The second-order valence-electron chi connectivity index (χ2n) is 10.2. The van der Waals surface area contributed by atoms with Gasteiger partial charge in [0.1, 0.15) is 0 Å². The van der Waals surface area contributed by atoms with Crippen molar-refractivity contribution in [3.05, 3.63) is 86.9 Å². The summed E-state index contributed by atoms with van der Waals surface area (Å²) in [6.45, 7) is 13.3. The van der Waals surface area contributed by atoms with Gasteiger partial charge in [-0.1, -0.05) is 89.0 Å². The molecule has 170 valence electrons. The van der Waals surface area contributed by atoms with Gasteiger partial charge in [0.15, 0.2) is 0 Å². The molecule has 32 heavy (non-hydrogen) atoms. The van der Waals surface area contributed by atoms with Crippen molar-refractivity contribution in [2.75, 3.05) is 0 Å². The molecule has 0 aromatic heterocycles. The van der Waals surface area contributed by atoms with Crippen molar-refractivity contribution in [1.82, 2.24) is 0 Å². The van der Waals surface area contributed by atoms with Gasteiger partial charge in [0.05, 0.1) is 6.61 Å². The van der Waals surface area contributed by atoms with E-state index in [0.29, 0.717) is 10.0 Å². The lowest BCUT2D eigenvalue weighted by Crippen LogP contribution is -2.22. The van der Waals surface area contributed by atoms with E-state index in [0.717, 1.165) is 28.0 Å². The lowest BCUT2D eigenvalue weighted by Gasteiger charge is -2.32. The Hall–Kier alpha value is -1.45. The summed E-state index contributed by atoms with van der Waals surface area (Å²) in [7, 11) is 0. The van der Waals surface area contributed by atoms with E-state index in [2.05, 4.69) is 71.9 Å². The third-order valence-corrected chi connectivity index (χ3v) is 7.07. The van der Waals surface area contributed by atoms with E-state index in [-0.39, 0.29) is 17.4 Å². The van der Waals surface area contributed by atoms with Gasteiger partial charge in [0.2, 0.25) is 0 Å². The zero-order chi connectivity index (χ0) is 23.7. The molecule has 0 aliphatic carbocycles. The SMILES string of the molecule is CC(C)(C)c1cc(C(C)(C)C)c(CSc2ccccc2)c(-c2cc(Cl)cc(Cl)c2)c1CO. The fourth-order valence-corrected chi connectivity index (χ4v) is 5.63. The number of benzene rings is 3. The summed E-state index contributed by atoms with van der Waals surface area (Å²) in [6.07, 6.45) is 0. The average molecular weight is 488 g/mol. The third-order valence-electron chi connectivity index (χ3n) is 5.59. The quantitative estimate of drug-likeness (QED) is 0.362. The first kappa shape index (κ1) is 25.2. The minimum absolute atomic E-state index is 0.0422. The van der Waals surface area contributed by atoms with E-state index < -0.39 is 0 Å². The summed E-state index contributed by atoms with van der Waals surface area (Å²) in [6, 6.07) is 18.4. The van der Waals surface area contributed by atoms with Crippen LogP contribution in [0.3, 0.4) is 0 Å². The molecule has 3 aromatic rings. The second kappa shape index (κ2) is 9.81. The molecule has 3 rings (SSSR count). The van der Waals surface area contributed by atoms with Crippen molar-refractivity contribution in [1.29, 1.82) is 0 Å². The minimum atomic E-state index is -0.125. The molecule has 0 saturated heterocycles. The van der Waals surface area contributed by atoms with Crippen LogP contribution in [0.2, 0.25) is 10.0 Å². The average Bonchev–Trinajstić information content (AvgIpc) is 2.69. The highest BCUT2D eigenvalue weighted by Crippen LogP contribution is 2.44. The van der Waals surface area contributed by atoms with Crippen molar-refractivity contribution >= 4 is 35.0 Å². The molecule has 0 heterocycles. The van der Waals surface area contributed by atoms with Gasteiger partial charge in [-0.3, -0.25) is 0 Å². The van der Waals surface area contributed by atoms with E-state index >= 15 is 0 Å². The molecule has 0 bridgehead atoms. The fraction of sp³-hybridized carbons (Fsp3) is 0.357. The summed E-state index contributed by atoms with van der Waals surface area (Å²) in [5.41, 5.74) is 6.43. The zero-order valence-electron chi connectivity index (χ0n) is 19.7. The molecule has 0 aliphatic heterocycles. The third kappa shape index (κ3) is 5.72. The summed E-state index contributed by atoms with van der Waals surface area (Å²) < 4.78 is 0. The molecule has 0 aliphatic rings. The summed E-state index contributed by atoms with van der Waals surface area (Å²) in [5.74, 6) is 0.785. The van der Waals surface area contributed by atoms with Gasteiger partial charge in [-0.05, 0) is 74.5 Å². The van der Waals surface area contributed by atoms with Crippen molar-refractivity contribution in [3.8, 4) is 11.1 Å². The maximum atomic E-state index is 10.6. The van der Waals surface area contributed by atoms with Crippen LogP contribution >= 0.6 is 35.0 Å². The highest BCUT2D eigenvalue weighted by molar-refractivity contribution is 7.98. The second-order valence-corrected chi connectivity index (χ2v) is 12.1. The van der Waals surface area contributed by atoms with E-state index in [9.17, 15) is 5.11 Å². The maximum Gasteiger partial charge on any atom is 0.0690 e. The van der Waals surface area contributed by atoms with Crippen LogP contribution in [0.4, 0.5) is 0 Å². The molecule has 0 fully saturated rings. The number of rotatable bonds is 5. The van der Waals surface area contributed by atoms with Gasteiger partial charge >= 0.3 is 0 Å². The number of aliphatic hydroxyl groups is 1. The Labute approximate surface area is 207 Å². The topological polar surface area (TPSA) is 20.2 Å². The summed E-state index contributed by atoms with van der Waals surface area (Å²) in [4.78, 5) is 1.22. The van der Waals surface area contributed by atoms with E-state index in [4.69, 9.17) is 23.2 Å².